The van der Waals surface area contributed by atoms with Crippen molar-refractivity contribution in [2.45, 2.75) is 32.4 Å². The first-order valence-electron chi connectivity index (χ1n) is 5.81. The van der Waals surface area contributed by atoms with Gasteiger partial charge in [0, 0.05) is 38.3 Å². The van der Waals surface area contributed by atoms with Crippen LogP contribution in [0.25, 0.3) is 0 Å². The molecule has 0 aromatic rings. The van der Waals surface area contributed by atoms with Gasteiger partial charge in [0.2, 0.25) is 0 Å². The molecule has 0 aliphatic carbocycles. The third kappa shape index (κ3) is 2.47. The first-order chi connectivity index (χ1) is 6.75. The van der Waals surface area contributed by atoms with Gasteiger partial charge in [0.25, 0.3) is 0 Å². The van der Waals surface area contributed by atoms with Crippen molar-refractivity contribution < 1.29 is 4.74 Å². The van der Waals surface area contributed by atoms with Crippen LogP contribution in [0.15, 0.2) is 0 Å². The largest absolute Gasteiger partial charge is 0.381 e. The average molecular weight is 198 g/mol. The van der Waals surface area contributed by atoms with Crippen molar-refractivity contribution in [2.75, 3.05) is 32.8 Å². The number of rotatable bonds is 2. The number of nitrogens with one attached hydrogen (secondary N) is 1. The summed E-state index contributed by atoms with van der Waals surface area (Å²) in [5.74, 6) is 0.780. The third-order valence-corrected chi connectivity index (χ3v) is 3.41. The Bertz CT molecular complexity index is 180. The van der Waals surface area contributed by atoms with Gasteiger partial charge in [-0.2, -0.15) is 0 Å². The summed E-state index contributed by atoms with van der Waals surface area (Å²) >= 11 is 0. The summed E-state index contributed by atoms with van der Waals surface area (Å²) in [6, 6.07) is 1.33. The molecular weight excluding hydrogens is 176 g/mol. The highest BCUT2D eigenvalue weighted by Gasteiger charge is 2.26. The fourth-order valence-corrected chi connectivity index (χ4v) is 2.41. The molecule has 2 saturated heterocycles. The molecular formula is C11H22N2O. The Hall–Kier alpha value is -0.120. The average Bonchev–Trinajstić information content (AvgIpc) is 2.64. The summed E-state index contributed by atoms with van der Waals surface area (Å²) in [5, 5.41) is 3.51. The van der Waals surface area contributed by atoms with Crippen LogP contribution in [-0.2, 0) is 4.74 Å². The molecule has 0 bridgehead atoms. The maximum atomic E-state index is 5.42. The molecule has 0 saturated carbocycles. The molecule has 0 spiro atoms. The van der Waals surface area contributed by atoms with Gasteiger partial charge in [-0.15, -0.1) is 0 Å². The van der Waals surface area contributed by atoms with Crippen LogP contribution in [-0.4, -0.2) is 49.8 Å². The second-order valence-corrected chi connectivity index (χ2v) is 4.84. The third-order valence-electron chi connectivity index (χ3n) is 3.41. The molecule has 1 N–H and O–H groups in total. The minimum absolute atomic E-state index is 0.647. The molecule has 14 heavy (non-hydrogen) atoms. The van der Waals surface area contributed by atoms with Crippen molar-refractivity contribution in [1.82, 2.24) is 10.2 Å². The number of hydrogen-bond acceptors (Lipinski definition) is 3. The topological polar surface area (TPSA) is 24.5 Å². The summed E-state index contributed by atoms with van der Waals surface area (Å²) < 4.78 is 5.42. The van der Waals surface area contributed by atoms with Crippen molar-refractivity contribution in [3.8, 4) is 0 Å². The molecule has 3 nitrogen and oxygen atoms in total. The van der Waals surface area contributed by atoms with Crippen LogP contribution < -0.4 is 5.32 Å². The van der Waals surface area contributed by atoms with Crippen molar-refractivity contribution >= 4 is 0 Å². The maximum absolute atomic E-state index is 5.42. The van der Waals surface area contributed by atoms with Crippen LogP contribution >= 0.6 is 0 Å². The summed E-state index contributed by atoms with van der Waals surface area (Å²) in [6.07, 6.45) is 1.25. The zero-order valence-corrected chi connectivity index (χ0v) is 9.33. The van der Waals surface area contributed by atoms with Gasteiger partial charge in [-0.05, 0) is 26.2 Å². The number of ether oxygens (including phenoxy) is 1. The molecule has 3 unspecified atom stereocenters. The Kier molecular flexibility index (Phi) is 3.42. The predicted molar refractivity (Wildman–Crippen MR) is 57.4 cm³/mol. The monoisotopic (exact) mass is 198 g/mol. The zero-order chi connectivity index (χ0) is 9.97. The molecule has 2 aliphatic rings. The Labute approximate surface area is 86.8 Å². The Morgan fingerprint density at radius 3 is 3.00 bits per heavy atom. The van der Waals surface area contributed by atoms with Crippen LogP contribution in [0.5, 0.6) is 0 Å². The predicted octanol–water partition coefficient (Wildman–Crippen LogP) is 0.705. The minimum atomic E-state index is 0.647. The molecule has 3 heteroatoms. The SMILES string of the molecule is CC1CN(CC2CCOC2)C(C)CN1. The Morgan fingerprint density at radius 2 is 2.29 bits per heavy atom. The zero-order valence-electron chi connectivity index (χ0n) is 9.33. The van der Waals surface area contributed by atoms with Crippen molar-refractivity contribution in [2.24, 2.45) is 5.92 Å². The van der Waals surface area contributed by atoms with E-state index in [2.05, 4.69) is 24.1 Å². The van der Waals surface area contributed by atoms with Gasteiger partial charge in [-0.25, -0.2) is 0 Å². The molecule has 82 valence electrons. The molecule has 2 rings (SSSR count). The Balaban J connectivity index is 1.82. The summed E-state index contributed by atoms with van der Waals surface area (Å²) in [4.78, 5) is 2.61. The molecule has 0 aromatic heterocycles. The molecule has 2 heterocycles. The van der Waals surface area contributed by atoms with Crippen LogP contribution in [0.4, 0.5) is 0 Å². The van der Waals surface area contributed by atoms with E-state index in [4.69, 9.17) is 4.74 Å². The van der Waals surface area contributed by atoms with Gasteiger partial charge < -0.3 is 10.1 Å². The summed E-state index contributed by atoms with van der Waals surface area (Å²) in [7, 11) is 0. The highest BCUT2D eigenvalue weighted by molar-refractivity contribution is 4.83. The van der Waals surface area contributed by atoms with Gasteiger partial charge in [0.1, 0.15) is 0 Å². The lowest BCUT2D eigenvalue weighted by atomic mass is 10.1. The van der Waals surface area contributed by atoms with Gasteiger partial charge in [0.15, 0.2) is 0 Å². The van der Waals surface area contributed by atoms with Gasteiger partial charge in [0.05, 0.1) is 6.61 Å². The van der Waals surface area contributed by atoms with E-state index >= 15 is 0 Å². The van der Waals surface area contributed by atoms with Crippen molar-refractivity contribution in [3.63, 3.8) is 0 Å². The first-order valence-corrected chi connectivity index (χ1v) is 5.81. The normalized spacial score (nSPS) is 40.3. The number of piperazine rings is 1. The number of hydrogen-bond donors (Lipinski definition) is 1. The molecule has 3 atom stereocenters. The van der Waals surface area contributed by atoms with E-state index in [1.54, 1.807) is 0 Å². The Morgan fingerprint density at radius 1 is 1.43 bits per heavy atom. The van der Waals surface area contributed by atoms with Gasteiger partial charge in [-0.1, -0.05) is 0 Å². The number of nitrogens with zero attached hydrogens (tertiary/aromatic N) is 1. The van der Waals surface area contributed by atoms with Crippen LogP contribution in [0.2, 0.25) is 0 Å². The van der Waals surface area contributed by atoms with E-state index in [1.807, 2.05) is 0 Å². The molecule has 0 amide bonds. The van der Waals surface area contributed by atoms with Gasteiger partial charge >= 0.3 is 0 Å². The summed E-state index contributed by atoms with van der Waals surface area (Å²) in [6.45, 7) is 10.1. The van der Waals surface area contributed by atoms with Crippen LogP contribution in [0, 0.1) is 5.92 Å². The maximum Gasteiger partial charge on any atom is 0.0507 e. The van der Waals surface area contributed by atoms with E-state index in [0.29, 0.717) is 12.1 Å². The molecule has 2 aliphatic heterocycles. The van der Waals surface area contributed by atoms with Gasteiger partial charge in [-0.3, -0.25) is 4.90 Å². The second kappa shape index (κ2) is 4.60. The van der Waals surface area contributed by atoms with Crippen molar-refractivity contribution in [3.05, 3.63) is 0 Å². The van der Waals surface area contributed by atoms with Crippen molar-refractivity contribution in [1.29, 1.82) is 0 Å². The van der Waals surface area contributed by atoms with Crippen LogP contribution in [0.1, 0.15) is 20.3 Å². The van der Waals surface area contributed by atoms with E-state index in [0.717, 1.165) is 25.7 Å². The lowest BCUT2D eigenvalue weighted by Gasteiger charge is -2.38. The molecule has 0 radical (unpaired) electrons. The summed E-state index contributed by atoms with van der Waals surface area (Å²) in [5.41, 5.74) is 0. The fraction of sp³-hybridized carbons (Fsp3) is 1.00. The molecule has 2 fully saturated rings. The highest BCUT2D eigenvalue weighted by Crippen LogP contribution is 2.16. The smallest absolute Gasteiger partial charge is 0.0507 e. The first kappa shape index (κ1) is 10.4. The highest BCUT2D eigenvalue weighted by atomic mass is 16.5. The second-order valence-electron chi connectivity index (χ2n) is 4.84. The van der Waals surface area contributed by atoms with E-state index in [9.17, 15) is 0 Å². The van der Waals surface area contributed by atoms with E-state index in [1.165, 1.54) is 19.5 Å². The standard InChI is InChI=1S/C11H22N2O/c1-9-6-13(10(2)5-12-9)7-11-3-4-14-8-11/h9-12H,3-8H2,1-2H3. The minimum Gasteiger partial charge on any atom is -0.381 e. The quantitative estimate of drug-likeness (QED) is 0.707. The molecule has 0 aromatic carbocycles. The van der Waals surface area contributed by atoms with Crippen LogP contribution in [0.3, 0.4) is 0 Å². The lowest BCUT2D eigenvalue weighted by molar-refractivity contribution is 0.114. The fourth-order valence-electron chi connectivity index (χ4n) is 2.41. The lowest BCUT2D eigenvalue weighted by Crippen LogP contribution is -2.55. The van der Waals surface area contributed by atoms with E-state index < -0.39 is 0 Å². The van der Waals surface area contributed by atoms with E-state index in [-0.39, 0.29) is 0 Å².